The predicted molar refractivity (Wildman–Crippen MR) is 101 cm³/mol. The SMILES string of the molecule is Cn1cc(CN2CCC(c3ccccc3)(c3csc(N)n3)CC2)cn1. The number of nitrogens with two attached hydrogens (primary N) is 1. The molecule has 0 amide bonds. The molecule has 1 aromatic carbocycles. The van der Waals surface area contributed by atoms with Crippen molar-refractivity contribution in [2.75, 3.05) is 18.8 Å². The summed E-state index contributed by atoms with van der Waals surface area (Å²) in [5, 5.41) is 7.07. The van der Waals surface area contributed by atoms with E-state index in [0.717, 1.165) is 38.2 Å². The fourth-order valence-corrected chi connectivity index (χ4v) is 4.52. The first-order chi connectivity index (χ1) is 12.2. The zero-order valence-electron chi connectivity index (χ0n) is 14.4. The Hall–Kier alpha value is -2.18. The second kappa shape index (κ2) is 6.61. The number of aryl methyl sites for hydroxylation is 1. The summed E-state index contributed by atoms with van der Waals surface area (Å²) >= 11 is 1.54. The van der Waals surface area contributed by atoms with E-state index in [2.05, 4.69) is 56.9 Å². The van der Waals surface area contributed by atoms with Gasteiger partial charge in [-0.25, -0.2) is 4.98 Å². The van der Waals surface area contributed by atoms with Crippen LogP contribution >= 0.6 is 11.3 Å². The molecule has 0 bridgehead atoms. The molecule has 130 valence electrons. The van der Waals surface area contributed by atoms with Crippen LogP contribution in [-0.4, -0.2) is 32.8 Å². The first kappa shape index (κ1) is 16.3. The van der Waals surface area contributed by atoms with Gasteiger partial charge in [0.1, 0.15) is 0 Å². The molecule has 1 aliphatic rings. The maximum atomic E-state index is 5.94. The second-order valence-corrected chi connectivity index (χ2v) is 7.71. The molecule has 2 aromatic heterocycles. The van der Waals surface area contributed by atoms with E-state index in [4.69, 9.17) is 5.73 Å². The smallest absolute Gasteiger partial charge is 0.180 e. The summed E-state index contributed by atoms with van der Waals surface area (Å²) in [5.41, 5.74) is 9.66. The summed E-state index contributed by atoms with van der Waals surface area (Å²) in [7, 11) is 1.97. The maximum Gasteiger partial charge on any atom is 0.180 e. The lowest BCUT2D eigenvalue weighted by atomic mass is 9.70. The van der Waals surface area contributed by atoms with Crippen molar-refractivity contribution in [1.29, 1.82) is 0 Å². The molecule has 3 heterocycles. The number of piperidine rings is 1. The van der Waals surface area contributed by atoms with Crippen molar-refractivity contribution in [3.63, 3.8) is 0 Å². The van der Waals surface area contributed by atoms with E-state index in [0.29, 0.717) is 5.13 Å². The lowest BCUT2D eigenvalue weighted by Gasteiger charge is -2.41. The topological polar surface area (TPSA) is 60.0 Å². The number of nitrogens with zero attached hydrogens (tertiary/aromatic N) is 4. The van der Waals surface area contributed by atoms with E-state index in [1.54, 1.807) is 0 Å². The number of hydrogen-bond donors (Lipinski definition) is 1. The molecule has 25 heavy (non-hydrogen) atoms. The Morgan fingerprint density at radius 3 is 2.56 bits per heavy atom. The van der Waals surface area contributed by atoms with E-state index >= 15 is 0 Å². The van der Waals surface area contributed by atoms with Crippen molar-refractivity contribution in [3.05, 3.63) is 64.9 Å². The van der Waals surface area contributed by atoms with Crippen LogP contribution in [0.5, 0.6) is 0 Å². The van der Waals surface area contributed by atoms with Crippen LogP contribution in [0.4, 0.5) is 5.13 Å². The van der Waals surface area contributed by atoms with Gasteiger partial charge in [0.2, 0.25) is 0 Å². The predicted octanol–water partition coefficient (Wildman–Crippen LogP) is 3.04. The van der Waals surface area contributed by atoms with E-state index in [1.807, 2.05) is 17.9 Å². The van der Waals surface area contributed by atoms with Crippen molar-refractivity contribution in [2.24, 2.45) is 7.05 Å². The number of hydrogen-bond acceptors (Lipinski definition) is 5. The molecule has 1 aliphatic heterocycles. The Balaban J connectivity index is 1.57. The largest absolute Gasteiger partial charge is 0.375 e. The van der Waals surface area contributed by atoms with Crippen LogP contribution in [0.3, 0.4) is 0 Å². The number of rotatable bonds is 4. The minimum absolute atomic E-state index is 0.0270. The quantitative estimate of drug-likeness (QED) is 0.783. The van der Waals surface area contributed by atoms with Gasteiger partial charge < -0.3 is 5.73 Å². The molecule has 0 atom stereocenters. The summed E-state index contributed by atoms with van der Waals surface area (Å²) in [6.07, 6.45) is 6.17. The summed E-state index contributed by atoms with van der Waals surface area (Å²) in [5.74, 6) is 0. The fraction of sp³-hybridized carbons (Fsp3) is 0.368. The first-order valence-electron chi connectivity index (χ1n) is 8.63. The summed E-state index contributed by atoms with van der Waals surface area (Å²) in [6, 6.07) is 10.8. The third-order valence-corrected chi connectivity index (χ3v) is 5.89. The van der Waals surface area contributed by atoms with Crippen LogP contribution in [0, 0.1) is 0 Å². The highest BCUT2D eigenvalue weighted by molar-refractivity contribution is 7.13. The summed E-state index contributed by atoms with van der Waals surface area (Å²) in [6.45, 7) is 3.04. The molecule has 6 heteroatoms. The standard InChI is InChI=1S/C19H23N5S/c1-23-12-15(11-21-23)13-24-9-7-19(8-10-24,16-5-3-2-4-6-16)17-14-25-18(20)22-17/h2-6,11-12,14H,7-10,13H2,1H3,(H2,20,22). The Kier molecular flexibility index (Phi) is 4.31. The van der Waals surface area contributed by atoms with Gasteiger partial charge in [0.15, 0.2) is 5.13 Å². The number of anilines is 1. The van der Waals surface area contributed by atoms with Crippen molar-refractivity contribution in [1.82, 2.24) is 19.7 Å². The van der Waals surface area contributed by atoms with Gasteiger partial charge in [-0.3, -0.25) is 9.58 Å². The molecule has 5 nitrogen and oxygen atoms in total. The molecule has 0 spiro atoms. The molecule has 1 saturated heterocycles. The van der Waals surface area contributed by atoms with Gasteiger partial charge in [0, 0.05) is 36.1 Å². The molecular weight excluding hydrogens is 330 g/mol. The van der Waals surface area contributed by atoms with E-state index < -0.39 is 0 Å². The van der Waals surface area contributed by atoms with Crippen LogP contribution in [-0.2, 0) is 19.0 Å². The van der Waals surface area contributed by atoms with E-state index in [1.165, 1.54) is 22.5 Å². The molecule has 0 unspecified atom stereocenters. The summed E-state index contributed by atoms with van der Waals surface area (Å²) in [4.78, 5) is 7.17. The van der Waals surface area contributed by atoms with Crippen LogP contribution in [0.15, 0.2) is 48.1 Å². The molecule has 3 aromatic rings. The van der Waals surface area contributed by atoms with Gasteiger partial charge in [0.25, 0.3) is 0 Å². The van der Waals surface area contributed by atoms with Gasteiger partial charge in [-0.2, -0.15) is 5.10 Å². The van der Waals surface area contributed by atoms with E-state index in [9.17, 15) is 0 Å². The van der Waals surface area contributed by atoms with Gasteiger partial charge >= 0.3 is 0 Å². The van der Waals surface area contributed by atoms with Crippen LogP contribution < -0.4 is 5.73 Å². The zero-order valence-corrected chi connectivity index (χ0v) is 15.2. The number of likely N-dealkylation sites (tertiary alicyclic amines) is 1. The minimum Gasteiger partial charge on any atom is -0.375 e. The Morgan fingerprint density at radius 1 is 1.20 bits per heavy atom. The van der Waals surface area contributed by atoms with Crippen molar-refractivity contribution < 1.29 is 0 Å². The second-order valence-electron chi connectivity index (χ2n) is 6.82. The van der Waals surface area contributed by atoms with Crippen LogP contribution in [0.1, 0.15) is 29.7 Å². The molecule has 0 radical (unpaired) electrons. The molecule has 0 saturated carbocycles. The summed E-state index contributed by atoms with van der Waals surface area (Å²) < 4.78 is 1.87. The molecule has 2 N–H and O–H groups in total. The number of thiazole rings is 1. The van der Waals surface area contributed by atoms with E-state index in [-0.39, 0.29) is 5.41 Å². The highest BCUT2D eigenvalue weighted by Crippen LogP contribution is 2.42. The highest BCUT2D eigenvalue weighted by Gasteiger charge is 2.39. The van der Waals surface area contributed by atoms with Crippen molar-refractivity contribution in [3.8, 4) is 0 Å². The van der Waals surface area contributed by atoms with Crippen LogP contribution in [0.2, 0.25) is 0 Å². The molecular formula is C19H23N5S. The molecule has 1 fully saturated rings. The first-order valence-corrected chi connectivity index (χ1v) is 9.51. The Labute approximate surface area is 152 Å². The van der Waals surface area contributed by atoms with Gasteiger partial charge in [-0.15, -0.1) is 11.3 Å². The molecule has 4 rings (SSSR count). The molecule has 0 aliphatic carbocycles. The Bertz CT molecular complexity index is 830. The van der Waals surface area contributed by atoms with Gasteiger partial charge in [-0.05, 0) is 31.5 Å². The van der Waals surface area contributed by atoms with Gasteiger partial charge in [0.05, 0.1) is 11.9 Å². The van der Waals surface area contributed by atoms with Crippen LogP contribution in [0.25, 0.3) is 0 Å². The highest BCUT2D eigenvalue weighted by atomic mass is 32.1. The number of benzene rings is 1. The minimum atomic E-state index is -0.0270. The average Bonchev–Trinajstić information content (AvgIpc) is 3.25. The monoisotopic (exact) mass is 353 g/mol. The lowest BCUT2D eigenvalue weighted by Crippen LogP contribution is -2.43. The van der Waals surface area contributed by atoms with Crippen molar-refractivity contribution in [2.45, 2.75) is 24.8 Å². The third kappa shape index (κ3) is 3.19. The zero-order chi connectivity index (χ0) is 17.3. The third-order valence-electron chi connectivity index (χ3n) is 5.21. The van der Waals surface area contributed by atoms with Crippen molar-refractivity contribution >= 4 is 16.5 Å². The Morgan fingerprint density at radius 2 is 1.96 bits per heavy atom. The fourth-order valence-electron chi connectivity index (χ4n) is 3.86. The lowest BCUT2D eigenvalue weighted by molar-refractivity contribution is 0.170. The van der Waals surface area contributed by atoms with Gasteiger partial charge in [-0.1, -0.05) is 30.3 Å². The average molecular weight is 353 g/mol. The number of nitrogen functional groups attached to an aromatic ring is 1. The number of aromatic nitrogens is 3. The maximum absolute atomic E-state index is 5.94. The normalized spacial score (nSPS) is 17.6.